The first-order valence-electron chi connectivity index (χ1n) is 7.34. The van der Waals surface area contributed by atoms with E-state index in [1.165, 1.54) is 5.56 Å². The summed E-state index contributed by atoms with van der Waals surface area (Å²) in [5.41, 5.74) is 4.77. The Balaban J connectivity index is 1.99. The number of amides is 1. The van der Waals surface area contributed by atoms with Gasteiger partial charge in [-0.25, -0.2) is 0 Å². The van der Waals surface area contributed by atoms with Crippen molar-refractivity contribution in [2.75, 3.05) is 5.32 Å². The van der Waals surface area contributed by atoms with Crippen molar-refractivity contribution in [3.05, 3.63) is 40.6 Å². The summed E-state index contributed by atoms with van der Waals surface area (Å²) in [5.74, 6) is -0.116. The quantitative estimate of drug-likeness (QED) is 0.886. The second-order valence-electron chi connectivity index (χ2n) is 5.70. The lowest BCUT2D eigenvalue weighted by molar-refractivity contribution is -0.116. The Morgan fingerprint density at radius 1 is 1.17 bits per heavy atom. The monoisotopic (exact) mass is 335 g/mol. The van der Waals surface area contributed by atoms with Crippen molar-refractivity contribution in [2.45, 2.75) is 40.5 Å². The van der Waals surface area contributed by atoms with Gasteiger partial charge >= 0.3 is 10.2 Å². The van der Waals surface area contributed by atoms with Gasteiger partial charge in [0.25, 0.3) is 0 Å². The van der Waals surface area contributed by atoms with Crippen LogP contribution in [0.2, 0.25) is 0 Å². The molecule has 0 fully saturated rings. The van der Waals surface area contributed by atoms with Crippen LogP contribution in [0.15, 0.2) is 33.9 Å². The fourth-order valence-electron chi connectivity index (χ4n) is 2.43. The van der Waals surface area contributed by atoms with Crippen LogP contribution in [0.3, 0.4) is 0 Å². The molecule has 0 atom stereocenters. The molecule has 0 unspecified atom stereocenters. The number of hydrogen-bond acceptors (Lipinski definition) is 3. The highest BCUT2D eigenvalue weighted by molar-refractivity contribution is 7.88. The molecule has 0 saturated heterocycles. The number of carbonyl (C=O) groups is 1. The van der Waals surface area contributed by atoms with Crippen LogP contribution >= 0.6 is 0 Å². The highest BCUT2D eigenvalue weighted by atomic mass is 32.2. The molecule has 2 rings (SSSR count). The summed E-state index contributed by atoms with van der Waals surface area (Å²) in [6.07, 6.45) is 0.689. The number of anilines is 1. The van der Waals surface area contributed by atoms with Crippen LogP contribution in [0.1, 0.15) is 37.8 Å². The van der Waals surface area contributed by atoms with E-state index in [1.54, 1.807) is 13.8 Å². The number of rotatable bonds is 4. The largest absolute Gasteiger partial charge is 0.342 e. The first-order chi connectivity index (χ1) is 10.7. The van der Waals surface area contributed by atoms with E-state index >= 15 is 0 Å². The minimum Gasteiger partial charge on any atom is -0.326 e. The molecule has 0 bridgehead atoms. The van der Waals surface area contributed by atoms with E-state index in [4.69, 9.17) is 0 Å². The van der Waals surface area contributed by atoms with Crippen LogP contribution in [-0.2, 0) is 15.0 Å². The van der Waals surface area contributed by atoms with E-state index in [9.17, 15) is 13.2 Å². The Bertz CT molecular complexity index is 808. The molecule has 6 nitrogen and oxygen atoms in total. The maximum absolute atomic E-state index is 12.1. The van der Waals surface area contributed by atoms with Gasteiger partial charge in [0.1, 0.15) is 0 Å². The number of benzene rings is 1. The third-order valence-corrected chi connectivity index (χ3v) is 4.90. The van der Waals surface area contributed by atoms with Crippen LogP contribution < -0.4 is 10.0 Å². The Kier molecular flexibility index (Phi) is 4.89. The summed E-state index contributed by atoms with van der Waals surface area (Å²) >= 11 is 0. The van der Waals surface area contributed by atoms with Crippen molar-refractivity contribution in [3.63, 3.8) is 0 Å². The van der Waals surface area contributed by atoms with Crippen molar-refractivity contribution >= 4 is 27.5 Å². The summed E-state index contributed by atoms with van der Waals surface area (Å²) in [5, 5.41) is 2.86. The lowest BCUT2D eigenvalue weighted by atomic mass is 10.0. The van der Waals surface area contributed by atoms with Gasteiger partial charge in [0.05, 0.1) is 5.71 Å². The van der Waals surface area contributed by atoms with Crippen molar-refractivity contribution in [3.8, 4) is 0 Å². The second kappa shape index (κ2) is 6.54. The molecule has 7 heteroatoms. The Hall–Kier alpha value is -2.15. The summed E-state index contributed by atoms with van der Waals surface area (Å²) < 4.78 is 28.9. The molecule has 0 saturated carbocycles. The molecule has 2 N–H and O–H groups in total. The molecule has 1 aliphatic rings. The zero-order chi connectivity index (χ0) is 17.2. The fourth-order valence-corrected chi connectivity index (χ4v) is 3.46. The molecule has 0 radical (unpaired) electrons. The summed E-state index contributed by atoms with van der Waals surface area (Å²) in [6.45, 7) is 7.32. The third-order valence-electron chi connectivity index (χ3n) is 3.82. The number of aryl methyl sites for hydroxylation is 2. The normalized spacial score (nSPS) is 16.6. The molecule has 0 aliphatic carbocycles. The minimum absolute atomic E-state index is 0.116. The molecule has 0 spiro atoms. The average molecular weight is 335 g/mol. The van der Waals surface area contributed by atoms with Gasteiger partial charge in [-0.2, -0.15) is 8.42 Å². The van der Waals surface area contributed by atoms with E-state index in [0.29, 0.717) is 17.8 Å². The number of nitrogens with one attached hydrogen (secondary N) is 2. The first kappa shape index (κ1) is 17.2. The molecular formula is C16H21N3O3S. The van der Waals surface area contributed by atoms with E-state index in [0.717, 1.165) is 16.8 Å². The molecule has 124 valence electrons. The van der Waals surface area contributed by atoms with Crippen LogP contribution in [0.4, 0.5) is 5.69 Å². The maximum atomic E-state index is 12.1. The lowest BCUT2D eigenvalue weighted by Gasteiger charge is -2.17. The van der Waals surface area contributed by atoms with E-state index in [1.807, 2.05) is 32.0 Å². The minimum atomic E-state index is -3.63. The Morgan fingerprint density at radius 2 is 1.87 bits per heavy atom. The summed E-state index contributed by atoms with van der Waals surface area (Å²) in [4.78, 5) is 12.1. The molecule has 1 aromatic carbocycles. The molecule has 23 heavy (non-hydrogen) atoms. The summed E-state index contributed by atoms with van der Waals surface area (Å²) in [7, 11) is -3.63. The van der Waals surface area contributed by atoms with Crippen LogP contribution in [-0.4, -0.2) is 20.0 Å². The van der Waals surface area contributed by atoms with E-state index in [2.05, 4.69) is 14.4 Å². The molecule has 1 aliphatic heterocycles. The van der Waals surface area contributed by atoms with E-state index in [-0.39, 0.29) is 12.3 Å². The number of carbonyl (C=O) groups excluding carboxylic acids is 1. The SMILES string of the molecule is CC1=NS(=O)(=O)NC(C)=C1CCC(=O)Nc1ccc(C)c(C)c1. The highest BCUT2D eigenvalue weighted by Gasteiger charge is 2.20. The number of nitrogens with zero attached hydrogens (tertiary/aromatic N) is 1. The summed E-state index contributed by atoms with van der Waals surface area (Å²) in [6, 6.07) is 5.76. The van der Waals surface area contributed by atoms with Gasteiger partial charge < -0.3 is 5.32 Å². The van der Waals surface area contributed by atoms with Crippen molar-refractivity contribution in [2.24, 2.45) is 4.40 Å². The van der Waals surface area contributed by atoms with Gasteiger partial charge in [-0.15, -0.1) is 4.40 Å². The smallest absolute Gasteiger partial charge is 0.326 e. The Labute approximate surface area is 136 Å². The second-order valence-corrected chi connectivity index (χ2v) is 7.04. The first-order valence-corrected chi connectivity index (χ1v) is 8.78. The standard InChI is InChI=1S/C16H21N3O3S/c1-10-5-6-14(9-11(10)2)17-16(20)8-7-15-12(3)18-23(21,22)19-13(15)4/h5-6,9,18H,7-8H2,1-4H3,(H,17,20). The molecular weight excluding hydrogens is 314 g/mol. The van der Waals surface area contributed by atoms with Gasteiger partial charge in [-0.05, 0) is 62.9 Å². The van der Waals surface area contributed by atoms with Crippen molar-refractivity contribution in [1.82, 2.24) is 4.72 Å². The van der Waals surface area contributed by atoms with E-state index < -0.39 is 10.2 Å². The number of allylic oxidation sites excluding steroid dienone is 2. The third kappa shape index (κ3) is 4.41. The molecule has 0 aromatic heterocycles. The van der Waals surface area contributed by atoms with Crippen LogP contribution in [0.5, 0.6) is 0 Å². The van der Waals surface area contributed by atoms with Gasteiger partial charge in [0.15, 0.2) is 0 Å². The van der Waals surface area contributed by atoms with Gasteiger partial charge in [-0.1, -0.05) is 6.07 Å². The predicted octanol–water partition coefficient (Wildman–Crippen LogP) is 2.61. The zero-order valence-corrected chi connectivity index (χ0v) is 14.5. The Morgan fingerprint density at radius 3 is 2.48 bits per heavy atom. The zero-order valence-electron chi connectivity index (χ0n) is 13.7. The average Bonchev–Trinajstić information content (AvgIpc) is 2.40. The van der Waals surface area contributed by atoms with Crippen LogP contribution in [0, 0.1) is 13.8 Å². The highest BCUT2D eigenvalue weighted by Crippen LogP contribution is 2.19. The topological polar surface area (TPSA) is 87.6 Å². The fraction of sp³-hybridized carbons (Fsp3) is 0.375. The van der Waals surface area contributed by atoms with Crippen molar-refractivity contribution < 1.29 is 13.2 Å². The lowest BCUT2D eigenvalue weighted by Crippen LogP contribution is -2.28. The van der Waals surface area contributed by atoms with Gasteiger partial charge in [0.2, 0.25) is 5.91 Å². The molecule has 1 heterocycles. The van der Waals surface area contributed by atoms with Gasteiger partial charge in [-0.3, -0.25) is 9.52 Å². The molecule has 1 amide bonds. The maximum Gasteiger partial charge on any atom is 0.342 e. The number of hydrogen-bond donors (Lipinski definition) is 2. The van der Waals surface area contributed by atoms with Crippen LogP contribution in [0.25, 0.3) is 0 Å². The van der Waals surface area contributed by atoms with Crippen molar-refractivity contribution in [1.29, 1.82) is 0 Å². The predicted molar refractivity (Wildman–Crippen MR) is 91.6 cm³/mol. The molecule has 1 aromatic rings. The van der Waals surface area contributed by atoms with Gasteiger partial charge in [0, 0.05) is 17.8 Å².